The fraction of sp³-hybridized carbons (Fsp3) is 0.591. The summed E-state index contributed by atoms with van der Waals surface area (Å²) in [6, 6.07) is 9.34. The average Bonchev–Trinajstić information content (AvgIpc) is 2.84. The van der Waals surface area contributed by atoms with Gasteiger partial charge in [0.25, 0.3) is 0 Å². The number of rotatable bonds is 8. The van der Waals surface area contributed by atoms with Gasteiger partial charge >= 0.3 is 5.97 Å². The van der Waals surface area contributed by atoms with Crippen LogP contribution in [-0.4, -0.2) is 52.3 Å². The third-order valence-electron chi connectivity index (χ3n) is 5.72. The molecule has 0 amide bonds. The zero-order valence-corrected chi connectivity index (χ0v) is 16.0. The van der Waals surface area contributed by atoms with Crippen LogP contribution in [0.3, 0.4) is 0 Å². The highest BCUT2D eigenvalue weighted by Crippen LogP contribution is 2.42. The Morgan fingerprint density at radius 2 is 2.07 bits per heavy atom. The fourth-order valence-electron chi connectivity index (χ4n) is 4.31. The van der Waals surface area contributed by atoms with Crippen LogP contribution in [0.1, 0.15) is 38.5 Å². The van der Waals surface area contributed by atoms with Crippen LogP contribution >= 0.6 is 0 Å². The minimum Gasteiger partial charge on any atom is -0.491 e. The van der Waals surface area contributed by atoms with E-state index in [1.807, 2.05) is 36.4 Å². The summed E-state index contributed by atoms with van der Waals surface area (Å²) in [6.07, 6.45) is 6.19. The molecule has 1 saturated heterocycles. The molecule has 1 aliphatic carbocycles. The Hall–Kier alpha value is -1.89. The number of fused-ring (bicyclic) bond motifs is 1. The molecule has 0 unspecified atom stereocenters. The first kappa shape index (κ1) is 20.8. The smallest absolute Gasteiger partial charge is 0.303 e. The number of hydrogen-bond acceptors (Lipinski definition) is 5. The van der Waals surface area contributed by atoms with Gasteiger partial charge in [0.1, 0.15) is 18.5 Å². The number of para-hydroxylation sites is 1. The van der Waals surface area contributed by atoms with Gasteiger partial charge in [0.05, 0.1) is 18.3 Å². The Morgan fingerprint density at radius 3 is 2.82 bits per heavy atom. The molecule has 2 aliphatic rings. The van der Waals surface area contributed by atoms with Crippen molar-refractivity contribution in [1.82, 2.24) is 0 Å². The van der Waals surface area contributed by atoms with Crippen LogP contribution in [0.5, 0.6) is 5.75 Å². The van der Waals surface area contributed by atoms with Gasteiger partial charge in [0.2, 0.25) is 0 Å². The molecule has 2 fully saturated rings. The maximum atomic E-state index is 10.8. The van der Waals surface area contributed by atoms with Gasteiger partial charge in [-0.1, -0.05) is 36.8 Å². The van der Waals surface area contributed by atoms with Crippen LogP contribution in [0.4, 0.5) is 0 Å². The molecule has 3 N–H and O–H groups in total. The third-order valence-corrected chi connectivity index (χ3v) is 5.72. The molecular weight excluding hydrogens is 360 g/mol. The van der Waals surface area contributed by atoms with Crippen LogP contribution in [-0.2, 0) is 9.53 Å². The Labute approximate surface area is 165 Å². The summed E-state index contributed by atoms with van der Waals surface area (Å²) in [4.78, 5) is 10.8. The number of aliphatic hydroxyl groups is 2. The van der Waals surface area contributed by atoms with E-state index in [9.17, 15) is 15.0 Å². The molecule has 1 aliphatic heterocycles. The molecule has 1 heterocycles. The second-order valence-electron chi connectivity index (χ2n) is 7.78. The van der Waals surface area contributed by atoms with Crippen LogP contribution < -0.4 is 4.74 Å². The molecule has 1 aromatic carbocycles. The number of hydrogen-bond donors (Lipinski definition) is 3. The molecule has 0 radical (unpaired) electrons. The molecule has 6 nitrogen and oxygen atoms in total. The van der Waals surface area contributed by atoms with Gasteiger partial charge in [-0.3, -0.25) is 4.79 Å². The number of carboxylic acids is 1. The number of benzene rings is 1. The van der Waals surface area contributed by atoms with Crippen molar-refractivity contribution in [3.05, 3.63) is 42.5 Å². The van der Waals surface area contributed by atoms with Crippen molar-refractivity contribution in [1.29, 1.82) is 0 Å². The maximum absolute atomic E-state index is 10.8. The standard InChI is InChI=1S/C22H30O6/c23-15(14-27-16-5-2-1-3-6-16)9-11-18-19-8-4-7-17(10-12-22(25)26)28-21(19)13-20(18)24/h1-3,5-6,9,11,15,17-21,23-24H,4,7-8,10,12-14H2,(H,25,26)/t15-,17+,18-,19-,20-,21+/m1/s1. The molecule has 6 atom stereocenters. The Morgan fingerprint density at radius 1 is 1.29 bits per heavy atom. The van der Waals surface area contributed by atoms with Crippen LogP contribution in [0.2, 0.25) is 0 Å². The van der Waals surface area contributed by atoms with Crippen molar-refractivity contribution in [2.24, 2.45) is 11.8 Å². The lowest BCUT2D eigenvalue weighted by Crippen LogP contribution is -2.25. The first-order valence-electron chi connectivity index (χ1n) is 10.1. The van der Waals surface area contributed by atoms with Crippen molar-refractivity contribution >= 4 is 5.97 Å². The molecule has 0 bridgehead atoms. The zero-order valence-electron chi connectivity index (χ0n) is 16.0. The lowest BCUT2D eigenvalue weighted by molar-refractivity contribution is -0.138. The minimum absolute atomic E-state index is 0.0501. The Bertz CT molecular complexity index is 646. The summed E-state index contributed by atoms with van der Waals surface area (Å²) in [7, 11) is 0. The number of aliphatic hydroxyl groups excluding tert-OH is 2. The van der Waals surface area contributed by atoms with Gasteiger partial charge in [-0.15, -0.1) is 0 Å². The zero-order chi connectivity index (χ0) is 19.9. The number of aliphatic carboxylic acids is 1. The van der Waals surface area contributed by atoms with E-state index in [2.05, 4.69) is 0 Å². The van der Waals surface area contributed by atoms with Gasteiger partial charge in [-0.2, -0.15) is 0 Å². The van der Waals surface area contributed by atoms with E-state index >= 15 is 0 Å². The minimum atomic E-state index is -0.802. The van der Waals surface area contributed by atoms with Crippen LogP contribution in [0.25, 0.3) is 0 Å². The van der Waals surface area contributed by atoms with E-state index in [1.54, 1.807) is 6.08 Å². The van der Waals surface area contributed by atoms with Crippen molar-refractivity contribution in [2.45, 2.75) is 62.9 Å². The van der Waals surface area contributed by atoms with Gasteiger partial charge in [0.15, 0.2) is 0 Å². The monoisotopic (exact) mass is 390 g/mol. The van der Waals surface area contributed by atoms with E-state index in [0.717, 1.165) is 19.3 Å². The lowest BCUT2D eigenvalue weighted by Gasteiger charge is -2.23. The van der Waals surface area contributed by atoms with E-state index in [1.165, 1.54) is 0 Å². The van der Waals surface area contributed by atoms with Crippen molar-refractivity contribution in [3.63, 3.8) is 0 Å². The molecule has 0 spiro atoms. The van der Waals surface area contributed by atoms with Crippen molar-refractivity contribution < 1.29 is 29.6 Å². The second kappa shape index (κ2) is 10.0. The Kier molecular flexibility index (Phi) is 7.48. The molecule has 28 heavy (non-hydrogen) atoms. The SMILES string of the molecule is O=C(O)CC[C@@H]1CCC[C@@H]2[C@@H](C=C[C@@H](O)COc3ccccc3)[C@H](O)C[C@@H]2O1. The van der Waals surface area contributed by atoms with Gasteiger partial charge in [0, 0.05) is 18.8 Å². The highest BCUT2D eigenvalue weighted by molar-refractivity contribution is 5.66. The molecule has 0 aromatic heterocycles. The molecular formula is C22H30O6. The quantitative estimate of drug-likeness (QED) is 0.591. The molecule has 1 saturated carbocycles. The second-order valence-corrected chi connectivity index (χ2v) is 7.78. The predicted molar refractivity (Wildman–Crippen MR) is 104 cm³/mol. The topological polar surface area (TPSA) is 96.2 Å². The normalized spacial score (nSPS) is 31.3. The third kappa shape index (κ3) is 5.80. The highest BCUT2D eigenvalue weighted by Gasteiger charge is 2.43. The summed E-state index contributed by atoms with van der Waals surface area (Å²) in [5.41, 5.74) is 0. The first-order chi connectivity index (χ1) is 13.5. The summed E-state index contributed by atoms with van der Waals surface area (Å²) >= 11 is 0. The lowest BCUT2D eigenvalue weighted by atomic mass is 9.88. The number of ether oxygens (including phenoxy) is 2. The van der Waals surface area contributed by atoms with Gasteiger partial charge in [-0.05, 0) is 37.3 Å². The van der Waals surface area contributed by atoms with Crippen molar-refractivity contribution in [3.8, 4) is 5.75 Å². The molecule has 6 heteroatoms. The van der Waals surface area contributed by atoms with E-state index in [4.69, 9.17) is 14.6 Å². The van der Waals surface area contributed by atoms with E-state index < -0.39 is 18.2 Å². The molecule has 154 valence electrons. The summed E-state index contributed by atoms with van der Waals surface area (Å²) < 4.78 is 11.7. The van der Waals surface area contributed by atoms with Gasteiger partial charge < -0.3 is 24.8 Å². The fourth-order valence-corrected chi connectivity index (χ4v) is 4.31. The largest absolute Gasteiger partial charge is 0.491 e. The maximum Gasteiger partial charge on any atom is 0.303 e. The van der Waals surface area contributed by atoms with E-state index in [0.29, 0.717) is 18.6 Å². The van der Waals surface area contributed by atoms with E-state index in [-0.39, 0.29) is 37.1 Å². The molecule has 1 aromatic rings. The molecule has 3 rings (SSSR count). The Balaban J connectivity index is 1.52. The summed E-state index contributed by atoms with van der Waals surface area (Å²) in [5.74, 6) is 0.0433. The number of carbonyl (C=O) groups is 1. The van der Waals surface area contributed by atoms with Crippen LogP contribution in [0, 0.1) is 11.8 Å². The summed E-state index contributed by atoms with van der Waals surface area (Å²) in [6.45, 7) is 0.158. The number of carboxylic acid groups (broad SMARTS) is 1. The van der Waals surface area contributed by atoms with Gasteiger partial charge in [-0.25, -0.2) is 0 Å². The predicted octanol–water partition coefficient (Wildman–Crippen LogP) is 2.78. The highest BCUT2D eigenvalue weighted by atomic mass is 16.5. The first-order valence-corrected chi connectivity index (χ1v) is 10.1. The summed E-state index contributed by atoms with van der Waals surface area (Å²) in [5, 5.41) is 29.6. The van der Waals surface area contributed by atoms with Crippen LogP contribution in [0.15, 0.2) is 42.5 Å². The van der Waals surface area contributed by atoms with Crippen molar-refractivity contribution in [2.75, 3.05) is 6.61 Å². The average molecular weight is 390 g/mol.